The summed E-state index contributed by atoms with van der Waals surface area (Å²) in [7, 11) is 1.70. The van der Waals surface area contributed by atoms with Crippen LogP contribution in [0.5, 0.6) is 5.75 Å². The Labute approximate surface area is 137 Å². The van der Waals surface area contributed by atoms with Crippen molar-refractivity contribution in [1.29, 1.82) is 0 Å². The molecule has 0 bridgehead atoms. The van der Waals surface area contributed by atoms with Gasteiger partial charge >= 0.3 is 0 Å². The number of hydrogen-bond donors (Lipinski definition) is 0. The van der Waals surface area contributed by atoms with Crippen LogP contribution in [0.25, 0.3) is 11.0 Å². The number of ether oxygens (including phenoxy) is 1. The zero-order chi connectivity index (χ0) is 16.2. The van der Waals surface area contributed by atoms with Gasteiger partial charge in [-0.1, -0.05) is 44.5 Å². The number of rotatable bonds is 6. The molecule has 3 rings (SSSR count). The Kier molecular flexibility index (Phi) is 4.65. The number of para-hydroxylation sites is 2. The Morgan fingerprint density at radius 1 is 1.09 bits per heavy atom. The molecule has 2 aromatic carbocycles. The zero-order valence-corrected chi connectivity index (χ0v) is 14.1. The van der Waals surface area contributed by atoms with Gasteiger partial charge in [0.2, 0.25) is 0 Å². The quantitative estimate of drug-likeness (QED) is 0.661. The number of imidazole rings is 1. The van der Waals surface area contributed by atoms with Crippen molar-refractivity contribution in [2.24, 2.45) is 5.92 Å². The summed E-state index contributed by atoms with van der Waals surface area (Å²) in [6.07, 6.45) is 2.02. The monoisotopic (exact) mass is 308 g/mol. The van der Waals surface area contributed by atoms with E-state index in [1.807, 2.05) is 12.1 Å². The Hall–Kier alpha value is -2.29. The largest absolute Gasteiger partial charge is 0.497 e. The minimum atomic E-state index is 0.641. The highest BCUT2D eigenvalue weighted by Crippen LogP contribution is 2.21. The number of hydrogen-bond acceptors (Lipinski definition) is 2. The highest BCUT2D eigenvalue weighted by molar-refractivity contribution is 5.76. The van der Waals surface area contributed by atoms with Gasteiger partial charge in [0, 0.05) is 13.0 Å². The second-order valence-corrected chi connectivity index (χ2v) is 6.17. The lowest BCUT2D eigenvalue weighted by molar-refractivity contribution is 0.414. The summed E-state index contributed by atoms with van der Waals surface area (Å²) in [5.74, 6) is 2.67. The van der Waals surface area contributed by atoms with Gasteiger partial charge in [-0.2, -0.15) is 0 Å². The van der Waals surface area contributed by atoms with Crippen molar-refractivity contribution in [2.45, 2.75) is 33.2 Å². The van der Waals surface area contributed by atoms with Crippen LogP contribution in [0.3, 0.4) is 0 Å². The lowest BCUT2D eigenvalue weighted by Crippen LogP contribution is -2.10. The van der Waals surface area contributed by atoms with E-state index < -0.39 is 0 Å². The molecule has 0 amide bonds. The van der Waals surface area contributed by atoms with Crippen molar-refractivity contribution in [3.05, 3.63) is 59.9 Å². The van der Waals surface area contributed by atoms with Crippen LogP contribution in [-0.2, 0) is 13.0 Å². The average molecular weight is 308 g/mol. The first-order valence-electron chi connectivity index (χ1n) is 8.28. The van der Waals surface area contributed by atoms with Crippen LogP contribution in [0.1, 0.15) is 31.7 Å². The van der Waals surface area contributed by atoms with Crippen LogP contribution in [0.2, 0.25) is 0 Å². The predicted octanol–water partition coefficient (Wildman–Crippen LogP) is 4.68. The van der Waals surface area contributed by atoms with Gasteiger partial charge in [0.15, 0.2) is 0 Å². The molecule has 0 radical (unpaired) electrons. The van der Waals surface area contributed by atoms with E-state index in [0.29, 0.717) is 5.92 Å². The smallest absolute Gasteiger partial charge is 0.118 e. The molecule has 0 N–H and O–H groups in total. The van der Waals surface area contributed by atoms with E-state index in [0.717, 1.165) is 30.1 Å². The lowest BCUT2D eigenvalue weighted by Gasteiger charge is -2.14. The van der Waals surface area contributed by atoms with Crippen LogP contribution in [-0.4, -0.2) is 16.7 Å². The molecule has 0 spiro atoms. The number of nitrogens with zero attached hydrogens (tertiary/aromatic N) is 2. The van der Waals surface area contributed by atoms with Crippen molar-refractivity contribution in [3.63, 3.8) is 0 Å². The Morgan fingerprint density at radius 3 is 2.52 bits per heavy atom. The summed E-state index contributed by atoms with van der Waals surface area (Å²) in [6.45, 7) is 5.56. The molecule has 1 aromatic heterocycles. The van der Waals surface area contributed by atoms with E-state index in [1.165, 1.54) is 17.5 Å². The zero-order valence-electron chi connectivity index (χ0n) is 14.1. The second kappa shape index (κ2) is 6.86. The van der Waals surface area contributed by atoms with Gasteiger partial charge < -0.3 is 9.30 Å². The molecule has 3 heteroatoms. The van der Waals surface area contributed by atoms with E-state index in [9.17, 15) is 0 Å². The third kappa shape index (κ3) is 3.39. The fraction of sp³-hybridized carbons (Fsp3) is 0.350. The van der Waals surface area contributed by atoms with Crippen LogP contribution < -0.4 is 4.74 Å². The highest BCUT2D eigenvalue weighted by atomic mass is 16.5. The summed E-state index contributed by atoms with van der Waals surface area (Å²) < 4.78 is 7.62. The molecule has 120 valence electrons. The molecule has 0 aliphatic carbocycles. The van der Waals surface area contributed by atoms with Gasteiger partial charge in [-0.25, -0.2) is 4.98 Å². The molecular weight excluding hydrogens is 284 g/mol. The fourth-order valence-electron chi connectivity index (χ4n) is 2.83. The number of methoxy groups -OCH3 is 1. The summed E-state index contributed by atoms with van der Waals surface area (Å²) in [5, 5.41) is 0. The first-order valence-corrected chi connectivity index (χ1v) is 8.28. The van der Waals surface area contributed by atoms with Crippen LogP contribution in [0, 0.1) is 5.92 Å². The molecular formula is C20H24N2O. The fourth-order valence-corrected chi connectivity index (χ4v) is 2.83. The Morgan fingerprint density at radius 2 is 1.83 bits per heavy atom. The summed E-state index contributed by atoms with van der Waals surface area (Å²) in [6, 6.07) is 16.7. The lowest BCUT2D eigenvalue weighted by atomic mass is 10.1. The summed E-state index contributed by atoms with van der Waals surface area (Å²) in [5.41, 5.74) is 3.57. The van der Waals surface area contributed by atoms with Crippen LogP contribution in [0.15, 0.2) is 48.5 Å². The van der Waals surface area contributed by atoms with Crippen molar-refractivity contribution in [1.82, 2.24) is 9.55 Å². The third-order valence-corrected chi connectivity index (χ3v) is 4.45. The Bertz CT molecular complexity index is 774. The molecule has 3 nitrogen and oxygen atoms in total. The van der Waals surface area contributed by atoms with E-state index in [4.69, 9.17) is 9.72 Å². The van der Waals surface area contributed by atoms with Gasteiger partial charge in [-0.15, -0.1) is 0 Å². The van der Waals surface area contributed by atoms with E-state index in [-0.39, 0.29) is 0 Å². The van der Waals surface area contributed by atoms with Crippen molar-refractivity contribution >= 4 is 11.0 Å². The minimum Gasteiger partial charge on any atom is -0.497 e. The van der Waals surface area contributed by atoms with Gasteiger partial charge in [-0.05, 0) is 35.7 Å². The predicted molar refractivity (Wildman–Crippen MR) is 95.0 cm³/mol. The van der Waals surface area contributed by atoms with E-state index in [1.54, 1.807) is 7.11 Å². The van der Waals surface area contributed by atoms with Gasteiger partial charge in [0.1, 0.15) is 11.6 Å². The maximum Gasteiger partial charge on any atom is 0.118 e. The van der Waals surface area contributed by atoms with Crippen LogP contribution in [0.4, 0.5) is 0 Å². The number of aromatic nitrogens is 2. The first kappa shape index (κ1) is 15.6. The SMILES string of the molecule is CCC(C)Cn1c(Cc2ccc(OC)cc2)nc2ccccc21. The summed E-state index contributed by atoms with van der Waals surface area (Å²) in [4.78, 5) is 4.87. The summed E-state index contributed by atoms with van der Waals surface area (Å²) >= 11 is 0. The standard InChI is InChI=1S/C20H24N2O/c1-4-15(2)14-22-19-8-6-5-7-18(19)21-20(22)13-16-9-11-17(23-3)12-10-16/h5-12,15H,4,13-14H2,1-3H3. The molecule has 1 unspecified atom stereocenters. The maximum atomic E-state index is 5.24. The second-order valence-electron chi connectivity index (χ2n) is 6.17. The minimum absolute atomic E-state index is 0.641. The number of benzene rings is 2. The normalized spacial score (nSPS) is 12.5. The van der Waals surface area contributed by atoms with Crippen molar-refractivity contribution in [3.8, 4) is 5.75 Å². The molecule has 1 heterocycles. The van der Waals surface area contributed by atoms with Gasteiger partial charge in [0.05, 0.1) is 18.1 Å². The van der Waals surface area contributed by atoms with E-state index >= 15 is 0 Å². The average Bonchev–Trinajstić information content (AvgIpc) is 2.93. The molecule has 3 aromatic rings. The molecule has 23 heavy (non-hydrogen) atoms. The highest BCUT2D eigenvalue weighted by Gasteiger charge is 2.13. The number of fused-ring (bicyclic) bond motifs is 1. The maximum absolute atomic E-state index is 5.24. The van der Waals surface area contributed by atoms with E-state index in [2.05, 4.69) is 54.8 Å². The van der Waals surface area contributed by atoms with Crippen LogP contribution >= 0.6 is 0 Å². The first-order chi connectivity index (χ1) is 11.2. The molecule has 0 saturated carbocycles. The van der Waals surface area contributed by atoms with Crippen molar-refractivity contribution < 1.29 is 4.74 Å². The Balaban J connectivity index is 1.96. The van der Waals surface area contributed by atoms with Gasteiger partial charge in [-0.3, -0.25) is 0 Å². The molecule has 1 atom stereocenters. The third-order valence-electron chi connectivity index (χ3n) is 4.45. The molecule has 0 saturated heterocycles. The molecule has 0 fully saturated rings. The topological polar surface area (TPSA) is 27.1 Å². The van der Waals surface area contributed by atoms with Crippen molar-refractivity contribution in [2.75, 3.05) is 7.11 Å². The molecule has 0 aliphatic heterocycles. The van der Waals surface area contributed by atoms with Gasteiger partial charge in [0.25, 0.3) is 0 Å². The molecule has 0 aliphatic rings.